The van der Waals surface area contributed by atoms with E-state index < -0.39 is 6.10 Å². The predicted octanol–water partition coefficient (Wildman–Crippen LogP) is 2.71. The van der Waals surface area contributed by atoms with Crippen molar-refractivity contribution in [2.45, 2.75) is 6.10 Å². The first-order chi connectivity index (χ1) is 8.09. The summed E-state index contributed by atoms with van der Waals surface area (Å²) in [7, 11) is 0. The van der Waals surface area contributed by atoms with Crippen LogP contribution in [0.2, 0.25) is 5.02 Å². The van der Waals surface area contributed by atoms with E-state index in [1.165, 1.54) is 12.1 Å². The van der Waals surface area contributed by atoms with E-state index in [4.69, 9.17) is 17.3 Å². The molecule has 0 aliphatic carbocycles. The Morgan fingerprint density at radius 1 is 1.06 bits per heavy atom. The number of anilines is 1. The zero-order chi connectivity index (χ0) is 12.4. The van der Waals surface area contributed by atoms with Gasteiger partial charge in [0.25, 0.3) is 0 Å². The van der Waals surface area contributed by atoms with Crippen LogP contribution in [0, 0.1) is 0 Å². The molecule has 0 bridgehead atoms. The van der Waals surface area contributed by atoms with Gasteiger partial charge in [-0.25, -0.2) is 0 Å². The molecule has 3 nitrogen and oxygen atoms in total. The first-order valence-corrected chi connectivity index (χ1v) is 5.48. The largest absolute Gasteiger partial charge is 0.508 e. The average Bonchev–Trinajstić information content (AvgIpc) is 2.32. The van der Waals surface area contributed by atoms with Crippen LogP contribution in [0.4, 0.5) is 5.69 Å². The minimum absolute atomic E-state index is 0.0558. The van der Waals surface area contributed by atoms with Gasteiger partial charge < -0.3 is 15.9 Å². The van der Waals surface area contributed by atoms with Gasteiger partial charge in [0.1, 0.15) is 11.9 Å². The summed E-state index contributed by atoms with van der Waals surface area (Å²) in [5, 5.41) is 20.1. The second kappa shape index (κ2) is 4.65. The summed E-state index contributed by atoms with van der Waals surface area (Å²) in [5.41, 5.74) is 7.18. The molecule has 0 heterocycles. The van der Waals surface area contributed by atoms with Crippen molar-refractivity contribution in [1.82, 2.24) is 0 Å². The number of aromatic hydroxyl groups is 1. The number of nitrogen functional groups attached to an aromatic ring is 1. The SMILES string of the molecule is Nc1ccc(O)cc1C(O)c1ccccc1Cl. The average molecular weight is 250 g/mol. The normalized spacial score (nSPS) is 12.4. The first kappa shape index (κ1) is 11.8. The van der Waals surface area contributed by atoms with E-state index in [1.807, 2.05) is 0 Å². The van der Waals surface area contributed by atoms with Crippen molar-refractivity contribution in [1.29, 1.82) is 0 Å². The van der Waals surface area contributed by atoms with Crippen LogP contribution < -0.4 is 5.73 Å². The molecule has 0 radical (unpaired) electrons. The molecule has 2 aromatic rings. The van der Waals surface area contributed by atoms with Gasteiger partial charge in [0.05, 0.1) is 0 Å². The highest BCUT2D eigenvalue weighted by Gasteiger charge is 2.16. The van der Waals surface area contributed by atoms with Crippen molar-refractivity contribution in [2.24, 2.45) is 0 Å². The number of aliphatic hydroxyl groups excluding tert-OH is 1. The van der Waals surface area contributed by atoms with E-state index in [-0.39, 0.29) is 5.75 Å². The lowest BCUT2D eigenvalue weighted by molar-refractivity contribution is 0.220. The smallest absolute Gasteiger partial charge is 0.116 e. The Bertz CT molecular complexity index is 543. The summed E-state index contributed by atoms with van der Waals surface area (Å²) in [6.45, 7) is 0. The molecule has 4 N–H and O–H groups in total. The third-order valence-electron chi connectivity index (χ3n) is 2.56. The maximum absolute atomic E-state index is 10.2. The fourth-order valence-electron chi connectivity index (χ4n) is 1.66. The van der Waals surface area contributed by atoms with E-state index in [0.717, 1.165) is 0 Å². The number of nitrogens with two attached hydrogens (primary N) is 1. The van der Waals surface area contributed by atoms with Gasteiger partial charge in [-0.3, -0.25) is 0 Å². The van der Waals surface area contributed by atoms with E-state index in [9.17, 15) is 10.2 Å². The van der Waals surface area contributed by atoms with Gasteiger partial charge in [-0.2, -0.15) is 0 Å². The third kappa shape index (κ3) is 2.35. The molecule has 1 atom stereocenters. The Kier molecular flexibility index (Phi) is 3.22. The number of hydrogen-bond acceptors (Lipinski definition) is 3. The van der Waals surface area contributed by atoms with Crippen molar-refractivity contribution < 1.29 is 10.2 Å². The molecule has 4 heteroatoms. The third-order valence-corrected chi connectivity index (χ3v) is 2.91. The summed E-state index contributed by atoms with van der Waals surface area (Å²) >= 11 is 6.00. The topological polar surface area (TPSA) is 66.5 Å². The molecule has 17 heavy (non-hydrogen) atoms. The van der Waals surface area contributed by atoms with E-state index >= 15 is 0 Å². The second-order valence-electron chi connectivity index (χ2n) is 3.74. The summed E-state index contributed by atoms with van der Waals surface area (Å²) in [4.78, 5) is 0. The van der Waals surface area contributed by atoms with Crippen molar-refractivity contribution in [3.05, 3.63) is 58.6 Å². The van der Waals surface area contributed by atoms with Crippen LogP contribution in [0.25, 0.3) is 0 Å². The highest BCUT2D eigenvalue weighted by Crippen LogP contribution is 2.32. The van der Waals surface area contributed by atoms with E-state index in [0.29, 0.717) is 21.8 Å². The van der Waals surface area contributed by atoms with Gasteiger partial charge in [-0.1, -0.05) is 29.8 Å². The monoisotopic (exact) mass is 249 g/mol. The molecule has 0 fully saturated rings. The van der Waals surface area contributed by atoms with Gasteiger partial charge in [-0.05, 0) is 24.3 Å². The highest BCUT2D eigenvalue weighted by molar-refractivity contribution is 6.31. The standard InChI is InChI=1S/C13H12ClNO2/c14-11-4-2-1-3-9(11)13(17)10-7-8(16)5-6-12(10)15/h1-7,13,16-17H,15H2. The summed E-state index contributed by atoms with van der Waals surface area (Å²) in [6.07, 6.45) is -0.948. The number of hydrogen-bond donors (Lipinski definition) is 3. The number of benzene rings is 2. The van der Waals surface area contributed by atoms with Crippen LogP contribution >= 0.6 is 11.6 Å². The lowest BCUT2D eigenvalue weighted by Crippen LogP contribution is -2.04. The molecule has 0 aliphatic heterocycles. The van der Waals surface area contributed by atoms with Gasteiger partial charge in [0, 0.05) is 21.8 Å². The molecule has 0 aromatic heterocycles. The second-order valence-corrected chi connectivity index (χ2v) is 4.14. The molecule has 88 valence electrons. The van der Waals surface area contributed by atoms with Gasteiger partial charge in [-0.15, -0.1) is 0 Å². The van der Waals surface area contributed by atoms with E-state index in [2.05, 4.69) is 0 Å². The highest BCUT2D eigenvalue weighted by atomic mass is 35.5. The van der Waals surface area contributed by atoms with Crippen LogP contribution in [0.5, 0.6) is 5.75 Å². The maximum Gasteiger partial charge on any atom is 0.116 e. The van der Waals surface area contributed by atoms with Crippen LogP contribution in [0.15, 0.2) is 42.5 Å². The number of aliphatic hydroxyl groups is 1. The molecule has 0 aliphatic rings. The van der Waals surface area contributed by atoms with Crippen molar-refractivity contribution in [3.63, 3.8) is 0 Å². The van der Waals surface area contributed by atoms with Gasteiger partial charge in [0.2, 0.25) is 0 Å². The summed E-state index contributed by atoms with van der Waals surface area (Å²) < 4.78 is 0. The molecule has 0 amide bonds. The number of phenols is 1. The van der Waals surface area contributed by atoms with Gasteiger partial charge in [0.15, 0.2) is 0 Å². The van der Waals surface area contributed by atoms with Crippen molar-refractivity contribution in [3.8, 4) is 5.75 Å². The zero-order valence-electron chi connectivity index (χ0n) is 8.97. The van der Waals surface area contributed by atoms with Crippen molar-refractivity contribution in [2.75, 3.05) is 5.73 Å². The summed E-state index contributed by atoms with van der Waals surface area (Å²) in [5.74, 6) is 0.0558. The van der Waals surface area contributed by atoms with Crippen LogP contribution in [0.1, 0.15) is 17.2 Å². The lowest BCUT2D eigenvalue weighted by atomic mass is 10.00. The van der Waals surface area contributed by atoms with Crippen molar-refractivity contribution >= 4 is 17.3 Å². The lowest BCUT2D eigenvalue weighted by Gasteiger charge is -2.15. The first-order valence-electron chi connectivity index (χ1n) is 5.10. The van der Waals surface area contributed by atoms with Crippen LogP contribution in [-0.2, 0) is 0 Å². The maximum atomic E-state index is 10.2. The Labute approximate surface area is 104 Å². The molecule has 2 aromatic carbocycles. The Balaban J connectivity index is 2.47. The summed E-state index contributed by atoms with van der Waals surface area (Å²) in [6, 6.07) is 11.4. The van der Waals surface area contributed by atoms with E-state index in [1.54, 1.807) is 30.3 Å². The molecule has 1 unspecified atom stereocenters. The minimum Gasteiger partial charge on any atom is -0.508 e. The fraction of sp³-hybridized carbons (Fsp3) is 0.0769. The molecule has 0 saturated carbocycles. The zero-order valence-corrected chi connectivity index (χ0v) is 9.72. The number of halogens is 1. The minimum atomic E-state index is -0.948. The molecular weight excluding hydrogens is 238 g/mol. The predicted molar refractivity (Wildman–Crippen MR) is 68.0 cm³/mol. The molecule has 2 rings (SSSR count). The Morgan fingerprint density at radius 3 is 2.47 bits per heavy atom. The number of rotatable bonds is 2. The molecular formula is C13H12ClNO2. The number of phenolic OH excluding ortho intramolecular Hbond substituents is 1. The molecule has 0 saturated heterocycles. The quantitative estimate of drug-likeness (QED) is 0.566. The van der Waals surface area contributed by atoms with Crippen LogP contribution in [-0.4, -0.2) is 10.2 Å². The Hall–Kier alpha value is -1.71. The fourth-order valence-corrected chi connectivity index (χ4v) is 1.90. The Morgan fingerprint density at radius 2 is 1.76 bits per heavy atom. The van der Waals surface area contributed by atoms with Crippen LogP contribution in [0.3, 0.4) is 0 Å². The van der Waals surface area contributed by atoms with Gasteiger partial charge >= 0.3 is 0 Å². The molecule has 0 spiro atoms.